The molecular formula is C11H23N3O. The van der Waals surface area contributed by atoms with Gasteiger partial charge in [-0.2, -0.15) is 0 Å². The molecule has 0 saturated carbocycles. The van der Waals surface area contributed by atoms with Gasteiger partial charge in [-0.1, -0.05) is 0 Å². The predicted molar refractivity (Wildman–Crippen MR) is 61.0 cm³/mol. The Kier molecular flexibility index (Phi) is 3.97. The van der Waals surface area contributed by atoms with Gasteiger partial charge in [-0.05, 0) is 33.0 Å². The fourth-order valence-electron chi connectivity index (χ4n) is 2.81. The van der Waals surface area contributed by atoms with E-state index in [-0.39, 0.29) is 0 Å². The van der Waals surface area contributed by atoms with Crippen molar-refractivity contribution in [2.45, 2.75) is 24.9 Å². The van der Waals surface area contributed by atoms with Crippen molar-refractivity contribution in [1.82, 2.24) is 15.1 Å². The molecule has 0 aromatic rings. The van der Waals surface area contributed by atoms with Gasteiger partial charge < -0.3 is 15.3 Å². The number of nitrogens with one attached hydrogen (secondary N) is 1. The van der Waals surface area contributed by atoms with Crippen LogP contribution in [0.2, 0.25) is 0 Å². The molecular weight excluding hydrogens is 190 g/mol. The zero-order valence-electron chi connectivity index (χ0n) is 9.65. The number of likely N-dealkylation sites (N-methyl/N-ethyl adjacent to an activating group) is 1. The summed E-state index contributed by atoms with van der Waals surface area (Å²) in [4.78, 5) is 4.85. The van der Waals surface area contributed by atoms with Gasteiger partial charge in [0.25, 0.3) is 0 Å². The van der Waals surface area contributed by atoms with Gasteiger partial charge in [-0.25, -0.2) is 0 Å². The SMILES string of the molecule is CN1CCN(C2CCNCC2)C(CO)C1. The lowest BCUT2D eigenvalue weighted by atomic mass is 10.0. The molecule has 0 aliphatic carbocycles. The summed E-state index contributed by atoms with van der Waals surface area (Å²) < 4.78 is 0. The first-order valence-electron chi connectivity index (χ1n) is 6.07. The van der Waals surface area contributed by atoms with Crippen LogP contribution in [-0.2, 0) is 0 Å². The third-order valence-corrected chi connectivity index (χ3v) is 3.72. The molecule has 0 amide bonds. The Morgan fingerprint density at radius 1 is 1.27 bits per heavy atom. The average molecular weight is 213 g/mol. The van der Waals surface area contributed by atoms with Gasteiger partial charge in [-0.3, -0.25) is 4.90 Å². The summed E-state index contributed by atoms with van der Waals surface area (Å²) in [5, 5.41) is 12.8. The molecule has 0 bridgehead atoms. The second kappa shape index (κ2) is 5.25. The Morgan fingerprint density at radius 3 is 2.67 bits per heavy atom. The lowest BCUT2D eigenvalue weighted by molar-refractivity contribution is 0.0118. The number of piperazine rings is 1. The molecule has 88 valence electrons. The number of hydrogen-bond acceptors (Lipinski definition) is 4. The molecule has 0 aromatic carbocycles. The van der Waals surface area contributed by atoms with Gasteiger partial charge in [0.05, 0.1) is 6.61 Å². The van der Waals surface area contributed by atoms with E-state index in [1.165, 1.54) is 12.8 Å². The molecule has 2 aliphatic heterocycles. The van der Waals surface area contributed by atoms with Crippen LogP contribution >= 0.6 is 0 Å². The fraction of sp³-hybridized carbons (Fsp3) is 1.00. The van der Waals surface area contributed by atoms with Crippen LogP contribution in [0.3, 0.4) is 0 Å². The van der Waals surface area contributed by atoms with E-state index < -0.39 is 0 Å². The van der Waals surface area contributed by atoms with Crippen LogP contribution in [0.25, 0.3) is 0 Å². The summed E-state index contributed by atoms with van der Waals surface area (Å²) in [6.45, 7) is 5.84. The molecule has 15 heavy (non-hydrogen) atoms. The minimum atomic E-state index is 0.300. The molecule has 0 aromatic heterocycles. The van der Waals surface area contributed by atoms with Crippen molar-refractivity contribution >= 4 is 0 Å². The Hall–Kier alpha value is -0.160. The van der Waals surface area contributed by atoms with E-state index in [1.54, 1.807) is 0 Å². The van der Waals surface area contributed by atoms with Gasteiger partial charge in [0.2, 0.25) is 0 Å². The molecule has 1 atom stereocenters. The Balaban J connectivity index is 1.93. The van der Waals surface area contributed by atoms with Crippen LogP contribution in [0.4, 0.5) is 0 Å². The van der Waals surface area contributed by atoms with Crippen LogP contribution in [0.15, 0.2) is 0 Å². The van der Waals surface area contributed by atoms with E-state index in [4.69, 9.17) is 0 Å². The van der Waals surface area contributed by atoms with Gasteiger partial charge in [0, 0.05) is 31.7 Å². The summed E-state index contributed by atoms with van der Waals surface area (Å²) in [6.07, 6.45) is 2.47. The zero-order valence-corrected chi connectivity index (χ0v) is 9.65. The van der Waals surface area contributed by atoms with Gasteiger partial charge in [-0.15, -0.1) is 0 Å². The van der Waals surface area contributed by atoms with E-state index in [2.05, 4.69) is 22.2 Å². The lowest BCUT2D eigenvalue weighted by Gasteiger charge is -2.45. The first-order valence-corrected chi connectivity index (χ1v) is 6.07. The van der Waals surface area contributed by atoms with Crippen LogP contribution in [0.5, 0.6) is 0 Å². The Morgan fingerprint density at radius 2 is 2.00 bits per heavy atom. The topological polar surface area (TPSA) is 38.7 Å². The van der Waals surface area contributed by atoms with Gasteiger partial charge in [0.15, 0.2) is 0 Å². The molecule has 4 heteroatoms. The number of aliphatic hydroxyl groups is 1. The maximum atomic E-state index is 9.43. The Labute approximate surface area is 92.2 Å². The molecule has 2 saturated heterocycles. The van der Waals surface area contributed by atoms with Crippen molar-refractivity contribution in [1.29, 1.82) is 0 Å². The molecule has 2 aliphatic rings. The highest BCUT2D eigenvalue weighted by Crippen LogP contribution is 2.18. The molecule has 2 heterocycles. The van der Waals surface area contributed by atoms with Crippen molar-refractivity contribution in [3.05, 3.63) is 0 Å². The monoisotopic (exact) mass is 213 g/mol. The Bertz CT molecular complexity index is 192. The van der Waals surface area contributed by atoms with Gasteiger partial charge in [0.1, 0.15) is 0 Å². The molecule has 2 fully saturated rings. The highest BCUT2D eigenvalue weighted by atomic mass is 16.3. The number of hydrogen-bond donors (Lipinski definition) is 2. The first-order chi connectivity index (χ1) is 7.31. The number of nitrogens with zero attached hydrogens (tertiary/aromatic N) is 2. The van der Waals surface area contributed by atoms with Crippen molar-refractivity contribution in [2.75, 3.05) is 46.4 Å². The first kappa shape index (κ1) is 11.3. The van der Waals surface area contributed by atoms with E-state index in [9.17, 15) is 5.11 Å². The molecule has 0 radical (unpaired) electrons. The summed E-state index contributed by atoms with van der Waals surface area (Å²) in [6, 6.07) is 1.05. The highest BCUT2D eigenvalue weighted by molar-refractivity contribution is 4.87. The lowest BCUT2D eigenvalue weighted by Crippen LogP contribution is -2.58. The number of aliphatic hydroxyl groups excluding tert-OH is 1. The smallest absolute Gasteiger partial charge is 0.0599 e. The molecule has 1 unspecified atom stereocenters. The van der Waals surface area contributed by atoms with Crippen molar-refractivity contribution in [3.63, 3.8) is 0 Å². The molecule has 2 N–H and O–H groups in total. The second-order valence-electron chi connectivity index (χ2n) is 4.82. The average Bonchev–Trinajstić information content (AvgIpc) is 2.30. The minimum Gasteiger partial charge on any atom is -0.395 e. The third-order valence-electron chi connectivity index (χ3n) is 3.72. The van der Waals surface area contributed by atoms with E-state index in [1.807, 2.05) is 0 Å². The van der Waals surface area contributed by atoms with Crippen molar-refractivity contribution < 1.29 is 5.11 Å². The van der Waals surface area contributed by atoms with Crippen molar-refractivity contribution in [2.24, 2.45) is 0 Å². The highest BCUT2D eigenvalue weighted by Gasteiger charge is 2.30. The largest absolute Gasteiger partial charge is 0.395 e. The summed E-state index contributed by atoms with van der Waals surface area (Å²) in [5.74, 6) is 0. The van der Waals surface area contributed by atoms with Crippen molar-refractivity contribution in [3.8, 4) is 0 Å². The summed E-state index contributed by atoms with van der Waals surface area (Å²) in [7, 11) is 2.14. The molecule has 0 spiro atoms. The maximum absolute atomic E-state index is 9.43. The predicted octanol–water partition coefficient (Wildman–Crippen LogP) is -0.653. The second-order valence-corrected chi connectivity index (χ2v) is 4.82. The van der Waals surface area contributed by atoms with E-state index in [0.717, 1.165) is 32.7 Å². The maximum Gasteiger partial charge on any atom is 0.0599 e. The normalized spacial score (nSPS) is 32.0. The molecule has 4 nitrogen and oxygen atoms in total. The molecule has 2 rings (SSSR count). The van der Waals surface area contributed by atoms with Gasteiger partial charge >= 0.3 is 0 Å². The fourth-order valence-corrected chi connectivity index (χ4v) is 2.81. The summed E-state index contributed by atoms with van der Waals surface area (Å²) >= 11 is 0. The quantitative estimate of drug-likeness (QED) is 0.639. The van der Waals surface area contributed by atoms with E-state index in [0.29, 0.717) is 18.7 Å². The zero-order chi connectivity index (χ0) is 10.7. The number of piperidine rings is 1. The van der Waals surface area contributed by atoms with Crippen LogP contribution in [-0.4, -0.2) is 73.4 Å². The van der Waals surface area contributed by atoms with Crippen LogP contribution < -0.4 is 5.32 Å². The number of rotatable bonds is 2. The van der Waals surface area contributed by atoms with E-state index >= 15 is 0 Å². The summed E-state index contributed by atoms with van der Waals surface area (Å²) in [5.41, 5.74) is 0. The standard InChI is InChI=1S/C11H23N3O/c1-13-6-7-14(11(8-13)9-15)10-2-4-12-5-3-10/h10-12,15H,2-9H2,1H3. The third kappa shape index (κ3) is 2.69. The van der Waals surface area contributed by atoms with Crippen LogP contribution in [0, 0.1) is 0 Å². The minimum absolute atomic E-state index is 0.300. The van der Waals surface area contributed by atoms with Crippen LogP contribution in [0.1, 0.15) is 12.8 Å².